The Morgan fingerprint density at radius 1 is 1.32 bits per heavy atom. The quantitative estimate of drug-likeness (QED) is 0.857. The van der Waals surface area contributed by atoms with E-state index in [1.165, 1.54) is 0 Å². The summed E-state index contributed by atoms with van der Waals surface area (Å²) in [4.78, 5) is 24.9. The first-order valence-electron chi connectivity index (χ1n) is 6.66. The molecule has 0 aromatic heterocycles. The van der Waals surface area contributed by atoms with Crippen LogP contribution in [-0.2, 0) is 9.59 Å². The van der Waals surface area contributed by atoms with Gasteiger partial charge >= 0.3 is 5.97 Å². The summed E-state index contributed by atoms with van der Waals surface area (Å²) in [6, 6.07) is 4.98. The van der Waals surface area contributed by atoms with E-state index in [2.05, 4.69) is 5.32 Å². The molecule has 2 rings (SSSR count). The van der Waals surface area contributed by atoms with Gasteiger partial charge in [-0.3, -0.25) is 14.5 Å². The maximum atomic E-state index is 12.0. The van der Waals surface area contributed by atoms with Gasteiger partial charge < -0.3 is 10.4 Å². The molecular formula is C14H17Cl3N2O3. The largest absolute Gasteiger partial charge is 0.481 e. The second kappa shape index (κ2) is 8.58. The number of hydrogen-bond donors (Lipinski definition) is 2. The monoisotopic (exact) mass is 366 g/mol. The summed E-state index contributed by atoms with van der Waals surface area (Å²) >= 11 is 12.0. The zero-order chi connectivity index (χ0) is 15.4. The molecule has 1 aromatic rings. The summed E-state index contributed by atoms with van der Waals surface area (Å²) in [5.41, 5.74) is 0.387. The van der Waals surface area contributed by atoms with Gasteiger partial charge in [0.15, 0.2) is 0 Å². The van der Waals surface area contributed by atoms with E-state index in [1.54, 1.807) is 18.2 Å². The predicted molar refractivity (Wildman–Crippen MR) is 89.1 cm³/mol. The van der Waals surface area contributed by atoms with Crippen molar-refractivity contribution in [3.63, 3.8) is 0 Å². The van der Waals surface area contributed by atoms with Crippen LogP contribution in [0.2, 0.25) is 10.0 Å². The molecule has 5 nitrogen and oxygen atoms in total. The van der Waals surface area contributed by atoms with Gasteiger partial charge in [0, 0.05) is 6.54 Å². The summed E-state index contributed by atoms with van der Waals surface area (Å²) < 4.78 is 0. The van der Waals surface area contributed by atoms with E-state index in [-0.39, 0.29) is 24.9 Å². The standard InChI is InChI=1S/C14H16Cl2N2O3.ClH/c15-10-4-1-5-11(16)13(10)17-12(19)8-18-6-2-3-9(7-18)14(20)21;/h1,4-5,9H,2-3,6-8H2,(H,17,19)(H,20,21);1H. The first kappa shape index (κ1) is 19.0. The van der Waals surface area contributed by atoms with E-state index in [0.29, 0.717) is 35.2 Å². The molecule has 1 heterocycles. The van der Waals surface area contributed by atoms with Crippen LogP contribution in [0.4, 0.5) is 5.69 Å². The van der Waals surface area contributed by atoms with Gasteiger partial charge in [0.25, 0.3) is 0 Å². The van der Waals surface area contributed by atoms with Crippen LogP contribution in [-0.4, -0.2) is 41.5 Å². The maximum absolute atomic E-state index is 12.0. The molecule has 1 unspecified atom stereocenters. The van der Waals surface area contributed by atoms with E-state index < -0.39 is 11.9 Å². The Labute approximate surface area is 145 Å². The van der Waals surface area contributed by atoms with Gasteiger partial charge in [-0.2, -0.15) is 0 Å². The third-order valence-corrected chi connectivity index (χ3v) is 4.08. The van der Waals surface area contributed by atoms with Crippen LogP contribution in [0.3, 0.4) is 0 Å². The molecule has 0 radical (unpaired) electrons. The number of halogens is 3. The van der Waals surface area contributed by atoms with Crippen molar-refractivity contribution in [1.29, 1.82) is 0 Å². The number of rotatable bonds is 4. The summed E-state index contributed by atoms with van der Waals surface area (Å²) in [5, 5.41) is 12.5. The molecule has 1 saturated heterocycles. The van der Waals surface area contributed by atoms with Crippen molar-refractivity contribution in [2.75, 3.05) is 25.0 Å². The van der Waals surface area contributed by atoms with Crippen LogP contribution in [0.25, 0.3) is 0 Å². The van der Waals surface area contributed by atoms with Crippen molar-refractivity contribution in [1.82, 2.24) is 4.90 Å². The SMILES string of the molecule is Cl.O=C(CN1CCCC(C(=O)O)C1)Nc1c(Cl)cccc1Cl. The van der Waals surface area contributed by atoms with E-state index in [9.17, 15) is 9.59 Å². The number of carbonyl (C=O) groups excluding carboxylic acids is 1. The van der Waals surface area contributed by atoms with E-state index in [4.69, 9.17) is 28.3 Å². The van der Waals surface area contributed by atoms with Gasteiger partial charge in [0.05, 0.1) is 28.2 Å². The lowest BCUT2D eigenvalue weighted by atomic mass is 9.98. The molecule has 0 aliphatic carbocycles. The number of para-hydroxylation sites is 1. The lowest BCUT2D eigenvalue weighted by molar-refractivity contribution is -0.144. The molecule has 8 heteroatoms. The Kier molecular flexibility index (Phi) is 7.42. The minimum atomic E-state index is -0.811. The Balaban J connectivity index is 0.00000242. The third-order valence-electron chi connectivity index (χ3n) is 3.45. The highest BCUT2D eigenvalue weighted by molar-refractivity contribution is 6.39. The summed E-state index contributed by atoms with van der Waals surface area (Å²) in [5.74, 6) is -1.47. The zero-order valence-corrected chi connectivity index (χ0v) is 14.0. The molecule has 1 aromatic carbocycles. The van der Waals surface area contributed by atoms with Crippen molar-refractivity contribution in [2.45, 2.75) is 12.8 Å². The number of carboxylic acid groups (broad SMARTS) is 1. The fourth-order valence-electron chi connectivity index (χ4n) is 2.40. The van der Waals surface area contributed by atoms with Crippen LogP contribution < -0.4 is 5.32 Å². The van der Waals surface area contributed by atoms with E-state index in [0.717, 1.165) is 6.42 Å². The number of hydrogen-bond acceptors (Lipinski definition) is 3. The fourth-order valence-corrected chi connectivity index (χ4v) is 2.89. The second-order valence-corrected chi connectivity index (χ2v) is 5.87. The first-order chi connectivity index (χ1) is 9.97. The predicted octanol–water partition coefficient (Wildman–Crippen LogP) is 3.15. The van der Waals surface area contributed by atoms with Crippen LogP contribution in [0.5, 0.6) is 0 Å². The van der Waals surface area contributed by atoms with Crippen molar-refractivity contribution in [3.05, 3.63) is 28.2 Å². The third kappa shape index (κ3) is 5.02. The van der Waals surface area contributed by atoms with Crippen molar-refractivity contribution in [2.24, 2.45) is 5.92 Å². The molecular weight excluding hydrogens is 351 g/mol. The Morgan fingerprint density at radius 2 is 1.95 bits per heavy atom. The molecule has 1 atom stereocenters. The number of piperidine rings is 1. The van der Waals surface area contributed by atoms with Crippen LogP contribution in [0.15, 0.2) is 18.2 Å². The highest BCUT2D eigenvalue weighted by Gasteiger charge is 2.26. The average Bonchev–Trinajstić information content (AvgIpc) is 2.43. The number of nitrogens with zero attached hydrogens (tertiary/aromatic N) is 1. The first-order valence-corrected chi connectivity index (χ1v) is 7.42. The van der Waals surface area contributed by atoms with Crippen molar-refractivity contribution < 1.29 is 14.7 Å². The van der Waals surface area contributed by atoms with Crippen molar-refractivity contribution in [3.8, 4) is 0 Å². The Hall–Kier alpha value is -1.01. The van der Waals surface area contributed by atoms with Gasteiger partial charge in [0.2, 0.25) is 5.91 Å². The van der Waals surface area contributed by atoms with Gasteiger partial charge in [-0.15, -0.1) is 12.4 Å². The molecule has 1 fully saturated rings. The fraction of sp³-hybridized carbons (Fsp3) is 0.429. The number of amides is 1. The summed E-state index contributed by atoms with van der Waals surface area (Å²) in [6.07, 6.45) is 1.43. The average molecular weight is 368 g/mol. The number of likely N-dealkylation sites (tertiary alicyclic amines) is 1. The Bertz CT molecular complexity index is 534. The lowest BCUT2D eigenvalue weighted by Gasteiger charge is -2.30. The van der Waals surface area contributed by atoms with Gasteiger partial charge in [-0.1, -0.05) is 29.3 Å². The number of anilines is 1. The maximum Gasteiger partial charge on any atom is 0.307 e. The van der Waals surface area contributed by atoms with Crippen LogP contribution in [0.1, 0.15) is 12.8 Å². The molecule has 2 N–H and O–H groups in total. The van der Waals surface area contributed by atoms with Gasteiger partial charge in [-0.05, 0) is 31.5 Å². The molecule has 122 valence electrons. The minimum Gasteiger partial charge on any atom is -0.481 e. The number of nitrogens with one attached hydrogen (secondary N) is 1. The van der Waals surface area contributed by atoms with Gasteiger partial charge in [0.1, 0.15) is 0 Å². The molecule has 22 heavy (non-hydrogen) atoms. The normalized spacial score (nSPS) is 18.4. The molecule has 1 amide bonds. The molecule has 0 bridgehead atoms. The van der Waals surface area contributed by atoms with E-state index >= 15 is 0 Å². The molecule has 1 aliphatic heterocycles. The highest BCUT2D eigenvalue weighted by atomic mass is 35.5. The summed E-state index contributed by atoms with van der Waals surface area (Å²) in [7, 11) is 0. The second-order valence-electron chi connectivity index (χ2n) is 5.06. The van der Waals surface area contributed by atoms with Crippen LogP contribution in [0, 0.1) is 5.92 Å². The molecule has 0 saturated carbocycles. The highest BCUT2D eigenvalue weighted by Crippen LogP contribution is 2.29. The minimum absolute atomic E-state index is 0. The number of carboxylic acids is 1. The van der Waals surface area contributed by atoms with Gasteiger partial charge in [-0.25, -0.2) is 0 Å². The van der Waals surface area contributed by atoms with Crippen LogP contribution >= 0.6 is 35.6 Å². The van der Waals surface area contributed by atoms with Crippen molar-refractivity contribution >= 4 is 53.2 Å². The zero-order valence-electron chi connectivity index (χ0n) is 11.7. The van der Waals surface area contributed by atoms with E-state index in [1.807, 2.05) is 4.90 Å². The number of aliphatic carboxylic acids is 1. The summed E-state index contributed by atoms with van der Waals surface area (Å²) in [6.45, 7) is 1.23. The number of benzene rings is 1. The lowest BCUT2D eigenvalue weighted by Crippen LogP contribution is -2.42. The molecule has 1 aliphatic rings. The number of carbonyl (C=O) groups is 2. The Morgan fingerprint density at radius 3 is 2.55 bits per heavy atom. The smallest absolute Gasteiger partial charge is 0.307 e. The topological polar surface area (TPSA) is 69.6 Å². The molecule has 0 spiro atoms.